The Kier molecular flexibility index (Phi) is 3.92. The van der Waals surface area contributed by atoms with Crippen molar-refractivity contribution in [3.05, 3.63) is 50.6 Å². The fourth-order valence-electron chi connectivity index (χ4n) is 3.52. The molecule has 5 nitrogen and oxygen atoms in total. The van der Waals surface area contributed by atoms with E-state index in [1.807, 2.05) is 31.2 Å². The average molecular weight is 354 g/mol. The number of thiophene rings is 1. The van der Waals surface area contributed by atoms with E-state index in [0.717, 1.165) is 47.2 Å². The largest absolute Gasteiger partial charge is 0.480 e. The maximum absolute atomic E-state index is 13.1. The minimum atomic E-state index is -1.04. The number of aromatic nitrogens is 2. The molecule has 0 aliphatic heterocycles. The number of aryl methyl sites for hydroxylation is 3. The Labute approximate surface area is 148 Å². The van der Waals surface area contributed by atoms with Gasteiger partial charge in [-0.3, -0.25) is 14.2 Å². The van der Waals surface area contributed by atoms with E-state index >= 15 is 0 Å². The Balaban J connectivity index is 2.04. The Morgan fingerprint density at radius 3 is 2.88 bits per heavy atom. The third kappa shape index (κ3) is 2.76. The summed E-state index contributed by atoms with van der Waals surface area (Å²) in [5.41, 5.74) is 2.66. The zero-order valence-electron chi connectivity index (χ0n) is 13.9. The first kappa shape index (κ1) is 16.0. The molecular formula is C19H18N2O3S. The summed E-state index contributed by atoms with van der Waals surface area (Å²) < 4.78 is 1.31. The quantitative estimate of drug-likeness (QED) is 0.782. The molecule has 128 valence electrons. The van der Waals surface area contributed by atoms with E-state index in [-0.39, 0.29) is 12.1 Å². The third-order valence-electron chi connectivity index (χ3n) is 4.64. The molecule has 4 rings (SSSR count). The van der Waals surface area contributed by atoms with E-state index in [2.05, 4.69) is 0 Å². The van der Waals surface area contributed by atoms with Gasteiger partial charge in [0.15, 0.2) is 0 Å². The zero-order valence-corrected chi connectivity index (χ0v) is 14.7. The predicted molar refractivity (Wildman–Crippen MR) is 98.3 cm³/mol. The zero-order chi connectivity index (χ0) is 17.6. The van der Waals surface area contributed by atoms with Crippen molar-refractivity contribution in [2.45, 2.75) is 39.2 Å². The van der Waals surface area contributed by atoms with Crippen molar-refractivity contribution < 1.29 is 9.90 Å². The van der Waals surface area contributed by atoms with E-state index in [4.69, 9.17) is 4.98 Å². The van der Waals surface area contributed by atoms with Crippen LogP contribution in [0.25, 0.3) is 21.6 Å². The Hall–Kier alpha value is -2.47. The van der Waals surface area contributed by atoms with E-state index < -0.39 is 5.97 Å². The van der Waals surface area contributed by atoms with Gasteiger partial charge < -0.3 is 5.11 Å². The molecule has 6 heteroatoms. The molecule has 0 unspecified atom stereocenters. The highest BCUT2D eigenvalue weighted by molar-refractivity contribution is 7.18. The van der Waals surface area contributed by atoms with Crippen LogP contribution in [0.15, 0.2) is 29.1 Å². The topological polar surface area (TPSA) is 72.2 Å². The normalized spacial score (nSPS) is 13.8. The average Bonchev–Trinajstić information content (AvgIpc) is 2.95. The number of nitrogens with zero attached hydrogens (tertiary/aromatic N) is 2. The highest BCUT2D eigenvalue weighted by atomic mass is 32.1. The first-order valence-electron chi connectivity index (χ1n) is 8.38. The summed E-state index contributed by atoms with van der Waals surface area (Å²) in [6, 6.07) is 7.66. The first-order valence-corrected chi connectivity index (χ1v) is 9.20. The third-order valence-corrected chi connectivity index (χ3v) is 5.83. The fraction of sp³-hybridized carbons (Fsp3) is 0.316. The fourth-order valence-corrected chi connectivity index (χ4v) is 4.78. The molecule has 0 atom stereocenters. The van der Waals surface area contributed by atoms with Gasteiger partial charge in [0, 0.05) is 10.4 Å². The number of carboxylic acid groups (broad SMARTS) is 1. The highest BCUT2D eigenvalue weighted by Gasteiger charge is 2.23. The molecule has 0 saturated heterocycles. The summed E-state index contributed by atoms with van der Waals surface area (Å²) in [4.78, 5) is 31.2. The summed E-state index contributed by atoms with van der Waals surface area (Å²) in [5.74, 6) is -0.608. The monoisotopic (exact) mass is 354 g/mol. The Morgan fingerprint density at radius 1 is 1.32 bits per heavy atom. The molecule has 0 bridgehead atoms. The lowest BCUT2D eigenvalue weighted by atomic mass is 9.97. The number of hydrogen-bond acceptors (Lipinski definition) is 4. The molecule has 0 amide bonds. The molecule has 1 aliphatic rings. The van der Waals surface area contributed by atoms with Gasteiger partial charge in [-0.25, -0.2) is 4.98 Å². The van der Waals surface area contributed by atoms with Crippen molar-refractivity contribution in [1.29, 1.82) is 0 Å². The van der Waals surface area contributed by atoms with Crippen LogP contribution in [0.3, 0.4) is 0 Å². The minimum absolute atomic E-state index is 0.233. The maximum atomic E-state index is 13.1. The van der Waals surface area contributed by atoms with Crippen LogP contribution in [-0.4, -0.2) is 20.6 Å². The van der Waals surface area contributed by atoms with Crippen molar-refractivity contribution in [1.82, 2.24) is 9.55 Å². The van der Waals surface area contributed by atoms with Crippen LogP contribution < -0.4 is 5.56 Å². The second-order valence-electron chi connectivity index (χ2n) is 6.48. The van der Waals surface area contributed by atoms with Gasteiger partial charge in [-0.15, -0.1) is 11.3 Å². The van der Waals surface area contributed by atoms with Gasteiger partial charge in [0.05, 0.1) is 5.39 Å². The maximum Gasteiger partial charge on any atom is 0.323 e. The second-order valence-corrected chi connectivity index (χ2v) is 7.56. The number of carbonyl (C=O) groups is 1. The summed E-state index contributed by atoms with van der Waals surface area (Å²) in [5, 5.41) is 9.92. The van der Waals surface area contributed by atoms with Crippen LogP contribution in [0.5, 0.6) is 0 Å². The molecule has 0 radical (unpaired) electrons. The molecular weight excluding hydrogens is 336 g/mol. The molecule has 1 aromatic carbocycles. The number of hydrogen-bond donors (Lipinski definition) is 1. The number of aliphatic carboxylic acids is 1. The van der Waals surface area contributed by atoms with Gasteiger partial charge in [0.1, 0.15) is 17.2 Å². The van der Waals surface area contributed by atoms with Crippen molar-refractivity contribution in [3.63, 3.8) is 0 Å². The van der Waals surface area contributed by atoms with E-state index in [1.54, 1.807) is 11.3 Å². The first-order chi connectivity index (χ1) is 12.0. The predicted octanol–water partition coefficient (Wildman–Crippen LogP) is 3.40. The summed E-state index contributed by atoms with van der Waals surface area (Å²) in [6.07, 6.45) is 4.06. The summed E-state index contributed by atoms with van der Waals surface area (Å²) in [6.45, 7) is 1.58. The Morgan fingerprint density at radius 2 is 2.12 bits per heavy atom. The van der Waals surface area contributed by atoms with E-state index in [0.29, 0.717) is 11.2 Å². The van der Waals surface area contributed by atoms with Crippen LogP contribution in [-0.2, 0) is 24.2 Å². The smallest absolute Gasteiger partial charge is 0.323 e. The summed E-state index contributed by atoms with van der Waals surface area (Å²) >= 11 is 1.58. The Bertz CT molecular complexity index is 1050. The van der Waals surface area contributed by atoms with Crippen molar-refractivity contribution in [3.8, 4) is 11.4 Å². The molecule has 1 N–H and O–H groups in total. The molecule has 25 heavy (non-hydrogen) atoms. The van der Waals surface area contributed by atoms with E-state index in [1.165, 1.54) is 9.44 Å². The molecule has 1 aliphatic carbocycles. The standard InChI is InChI=1S/C19H18N2O3S/c1-11-5-4-6-12(9-11)17-20-18-16(19(24)21(17)10-15(22)23)13-7-2-3-8-14(13)25-18/h4-6,9H,2-3,7-8,10H2,1H3,(H,22,23). The molecule has 0 saturated carbocycles. The van der Waals surface area contributed by atoms with Crippen LogP contribution >= 0.6 is 11.3 Å². The van der Waals surface area contributed by atoms with Gasteiger partial charge in [0.25, 0.3) is 5.56 Å². The number of benzene rings is 1. The van der Waals surface area contributed by atoms with Gasteiger partial charge >= 0.3 is 5.97 Å². The minimum Gasteiger partial charge on any atom is -0.480 e. The van der Waals surface area contributed by atoms with E-state index in [9.17, 15) is 14.7 Å². The van der Waals surface area contributed by atoms with Gasteiger partial charge in [-0.2, -0.15) is 0 Å². The number of carboxylic acids is 1. The molecule has 3 aromatic rings. The van der Waals surface area contributed by atoms with Crippen LogP contribution in [0.4, 0.5) is 0 Å². The van der Waals surface area contributed by atoms with Crippen LogP contribution in [0, 0.1) is 6.92 Å². The van der Waals surface area contributed by atoms with Gasteiger partial charge in [0.2, 0.25) is 0 Å². The van der Waals surface area contributed by atoms with Crippen LogP contribution in [0.2, 0.25) is 0 Å². The second kappa shape index (κ2) is 6.11. The van der Waals surface area contributed by atoms with Crippen molar-refractivity contribution in [2.24, 2.45) is 0 Å². The molecule has 0 fully saturated rings. The van der Waals surface area contributed by atoms with Crippen LogP contribution in [0.1, 0.15) is 28.8 Å². The van der Waals surface area contributed by atoms with Gasteiger partial charge in [-0.1, -0.05) is 23.8 Å². The highest BCUT2D eigenvalue weighted by Crippen LogP contribution is 2.34. The number of rotatable bonds is 3. The molecule has 2 heterocycles. The lowest BCUT2D eigenvalue weighted by molar-refractivity contribution is -0.137. The molecule has 0 spiro atoms. The SMILES string of the molecule is Cc1cccc(-c2nc3sc4c(c3c(=O)n2CC(=O)O)CCCC4)c1. The van der Waals surface area contributed by atoms with Gasteiger partial charge in [-0.05, 0) is 44.2 Å². The van der Waals surface area contributed by atoms with Crippen molar-refractivity contribution in [2.75, 3.05) is 0 Å². The summed E-state index contributed by atoms with van der Waals surface area (Å²) in [7, 11) is 0. The number of fused-ring (bicyclic) bond motifs is 3. The lowest BCUT2D eigenvalue weighted by Gasteiger charge is -2.13. The molecule has 2 aromatic heterocycles. The lowest BCUT2D eigenvalue weighted by Crippen LogP contribution is -2.27. The van der Waals surface area contributed by atoms with Crippen molar-refractivity contribution >= 4 is 27.5 Å².